The third-order valence-corrected chi connectivity index (χ3v) is 2.92. The Morgan fingerprint density at radius 3 is 2.43 bits per heavy atom. The summed E-state index contributed by atoms with van der Waals surface area (Å²) < 4.78 is 10.2. The molecule has 2 rings (SSSR count). The molecule has 2 heterocycles. The summed E-state index contributed by atoms with van der Waals surface area (Å²) in [6.07, 6.45) is -0.434. The molecule has 0 fully saturated rings. The Labute approximate surface area is 131 Å². The van der Waals surface area contributed by atoms with Gasteiger partial charge in [-0.3, -0.25) is 14.4 Å². The van der Waals surface area contributed by atoms with Gasteiger partial charge in [-0.15, -0.1) is 0 Å². The quantitative estimate of drug-likeness (QED) is 0.811. The van der Waals surface area contributed by atoms with Crippen molar-refractivity contribution in [3.05, 3.63) is 28.1 Å². The first kappa shape index (κ1) is 16.5. The molecule has 0 aliphatic heterocycles. The number of esters is 2. The van der Waals surface area contributed by atoms with E-state index in [9.17, 15) is 14.4 Å². The van der Waals surface area contributed by atoms with Crippen molar-refractivity contribution in [1.82, 2.24) is 19.9 Å². The SMILES string of the molecule is CC(=O)OC(C)C(OC(C)=O)c1cnc2nc(C)[nH]c(=O)c2n1. The second-order valence-electron chi connectivity index (χ2n) is 4.96. The number of H-pyrrole nitrogens is 1. The summed E-state index contributed by atoms with van der Waals surface area (Å²) >= 11 is 0. The van der Waals surface area contributed by atoms with E-state index in [1.54, 1.807) is 13.8 Å². The van der Waals surface area contributed by atoms with Crippen LogP contribution in [0.2, 0.25) is 0 Å². The number of ether oxygens (including phenoxy) is 2. The lowest BCUT2D eigenvalue weighted by Gasteiger charge is -2.22. The highest BCUT2D eigenvalue weighted by Gasteiger charge is 2.27. The normalized spacial score (nSPS) is 13.4. The molecule has 0 saturated carbocycles. The van der Waals surface area contributed by atoms with Gasteiger partial charge in [0.05, 0.1) is 6.20 Å². The van der Waals surface area contributed by atoms with Crippen molar-refractivity contribution in [3.8, 4) is 0 Å². The number of aromatic nitrogens is 4. The van der Waals surface area contributed by atoms with Gasteiger partial charge >= 0.3 is 11.9 Å². The molecule has 0 spiro atoms. The average molecular weight is 320 g/mol. The van der Waals surface area contributed by atoms with Gasteiger partial charge in [0, 0.05) is 13.8 Å². The van der Waals surface area contributed by atoms with Crippen molar-refractivity contribution >= 4 is 23.1 Å². The molecule has 2 unspecified atom stereocenters. The first-order valence-corrected chi connectivity index (χ1v) is 6.86. The number of hydrogen-bond acceptors (Lipinski definition) is 8. The van der Waals surface area contributed by atoms with E-state index in [1.165, 1.54) is 20.0 Å². The molecule has 0 radical (unpaired) electrons. The van der Waals surface area contributed by atoms with E-state index in [2.05, 4.69) is 19.9 Å². The van der Waals surface area contributed by atoms with E-state index in [-0.39, 0.29) is 16.9 Å². The van der Waals surface area contributed by atoms with Crippen LogP contribution in [0.15, 0.2) is 11.0 Å². The van der Waals surface area contributed by atoms with Gasteiger partial charge in [-0.05, 0) is 13.8 Å². The molecule has 9 heteroatoms. The number of hydrogen-bond donors (Lipinski definition) is 1. The van der Waals surface area contributed by atoms with Crippen LogP contribution in [0.25, 0.3) is 11.2 Å². The molecule has 0 saturated heterocycles. The zero-order valence-electron chi connectivity index (χ0n) is 13.1. The maximum Gasteiger partial charge on any atom is 0.303 e. The molecule has 2 aromatic heterocycles. The second-order valence-corrected chi connectivity index (χ2v) is 4.96. The summed E-state index contributed by atoms with van der Waals surface area (Å²) in [5.41, 5.74) is -0.0711. The molecule has 9 nitrogen and oxygen atoms in total. The van der Waals surface area contributed by atoms with Gasteiger partial charge in [0.25, 0.3) is 5.56 Å². The number of aromatic amines is 1. The lowest BCUT2D eigenvalue weighted by Crippen LogP contribution is -2.26. The Morgan fingerprint density at radius 1 is 1.17 bits per heavy atom. The molecule has 23 heavy (non-hydrogen) atoms. The van der Waals surface area contributed by atoms with Crippen LogP contribution in [0.3, 0.4) is 0 Å². The first-order chi connectivity index (χ1) is 10.8. The molecule has 0 aliphatic carbocycles. The van der Waals surface area contributed by atoms with Crippen LogP contribution in [0.4, 0.5) is 0 Å². The molecule has 2 aromatic rings. The Hall–Kier alpha value is -2.84. The number of nitrogens with one attached hydrogen (secondary N) is 1. The fourth-order valence-electron chi connectivity index (χ4n) is 2.08. The predicted molar refractivity (Wildman–Crippen MR) is 78.4 cm³/mol. The fourth-order valence-corrected chi connectivity index (χ4v) is 2.08. The summed E-state index contributed by atoms with van der Waals surface area (Å²) in [6, 6.07) is 0. The highest BCUT2D eigenvalue weighted by molar-refractivity contribution is 5.69. The van der Waals surface area contributed by atoms with Crippen LogP contribution in [-0.4, -0.2) is 38.0 Å². The minimum absolute atomic E-state index is 0.0141. The highest BCUT2D eigenvalue weighted by atomic mass is 16.6. The summed E-state index contributed by atoms with van der Waals surface area (Å²) in [4.78, 5) is 49.2. The van der Waals surface area contributed by atoms with E-state index < -0.39 is 29.7 Å². The van der Waals surface area contributed by atoms with Gasteiger partial charge in [-0.1, -0.05) is 0 Å². The minimum atomic E-state index is -0.978. The zero-order chi connectivity index (χ0) is 17.1. The molecule has 0 amide bonds. The summed E-state index contributed by atoms with van der Waals surface area (Å²) in [6.45, 7) is 5.64. The largest absolute Gasteiger partial charge is 0.458 e. The smallest absolute Gasteiger partial charge is 0.303 e. The number of carbonyl (C=O) groups excluding carboxylic acids is 2. The van der Waals surface area contributed by atoms with Gasteiger partial charge in [-0.2, -0.15) is 0 Å². The maximum absolute atomic E-state index is 12.0. The monoisotopic (exact) mass is 320 g/mol. The Morgan fingerprint density at radius 2 is 1.83 bits per heavy atom. The number of aryl methyl sites for hydroxylation is 1. The predicted octanol–water partition coefficient (Wildman–Crippen LogP) is 0.577. The van der Waals surface area contributed by atoms with Gasteiger partial charge < -0.3 is 14.5 Å². The maximum atomic E-state index is 12.0. The van der Waals surface area contributed by atoms with E-state index >= 15 is 0 Å². The van der Waals surface area contributed by atoms with Crippen molar-refractivity contribution in [2.75, 3.05) is 0 Å². The number of fused-ring (bicyclic) bond motifs is 1. The van der Waals surface area contributed by atoms with Crippen molar-refractivity contribution < 1.29 is 19.1 Å². The van der Waals surface area contributed by atoms with Crippen molar-refractivity contribution in [1.29, 1.82) is 0 Å². The average Bonchev–Trinajstić information content (AvgIpc) is 2.43. The topological polar surface area (TPSA) is 124 Å². The molecule has 0 aromatic carbocycles. The van der Waals surface area contributed by atoms with Crippen molar-refractivity contribution in [2.24, 2.45) is 0 Å². The molecular weight excluding hydrogens is 304 g/mol. The molecule has 2 atom stereocenters. The Kier molecular flexibility index (Phi) is 4.68. The molecule has 122 valence electrons. The molecule has 1 N–H and O–H groups in total. The van der Waals surface area contributed by atoms with Crippen LogP contribution in [0.1, 0.15) is 38.4 Å². The molecule has 0 aliphatic rings. The molecule has 0 bridgehead atoms. The lowest BCUT2D eigenvalue weighted by molar-refractivity contribution is -0.164. The minimum Gasteiger partial charge on any atom is -0.458 e. The first-order valence-electron chi connectivity index (χ1n) is 6.86. The van der Waals surface area contributed by atoms with Crippen LogP contribution in [0, 0.1) is 6.92 Å². The zero-order valence-corrected chi connectivity index (χ0v) is 13.1. The second kappa shape index (κ2) is 6.51. The van der Waals surface area contributed by atoms with Crippen molar-refractivity contribution in [2.45, 2.75) is 39.9 Å². The van der Waals surface area contributed by atoms with Gasteiger partial charge in [0.2, 0.25) is 0 Å². The van der Waals surface area contributed by atoms with E-state index in [0.29, 0.717) is 5.82 Å². The third kappa shape index (κ3) is 3.87. The lowest BCUT2D eigenvalue weighted by atomic mass is 10.1. The fraction of sp³-hybridized carbons (Fsp3) is 0.429. The number of carbonyl (C=O) groups is 2. The van der Waals surface area contributed by atoms with Gasteiger partial charge in [0.15, 0.2) is 17.3 Å². The number of rotatable bonds is 4. The van der Waals surface area contributed by atoms with Crippen LogP contribution in [-0.2, 0) is 19.1 Å². The van der Waals surface area contributed by atoms with Gasteiger partial charge in [0.1, 0.15) is 17.6 Å². The molecular formula is C14H16N4O5. The third-order valence-electron chi connectivity index (χ3n) is 2.92. The Bertz CT molecular complexity index is 816. The van der Waals surface area contributed by atoms with E-state index in [0.717, 1.165) is 0 Å². The summed E-state index contributed by atoms with van der Waals surface area (Å²) in [7, 11) is 0. The van der Waals surface area contributed by atoms with Crippen molar-refractivity contribution in [3.63, 3.8) is 0 Å². The number of nitrogens with zero attached hydrogens (tertiary/aromatic N) is 3. The summed E-state index contributed by atoms with van der Waals surface area (Å²) in [5, 5.41) is 0. The van der Waals surface area contributed by atoms with E-state index in [4.69, 9.17) is 9.47 Å². The van der Waals surface area contributed by atoms with Crippen LogP contribution >= 0.6 is 0 Å². The highest BCUT2D eigenvalue weighted by Crippen LogP contribution is 2.22. The Balaban J connectivity index is 2.49. The summed E-state index contributed by atoms with van der Waals surface area (Å²) in [5.74, 6) is -0.695. The van der Waals surface area contributed by atoms with E-state index in [1.807, 2.05) is 0 Å². The van der Waals surface area contributed by atoms with Crippen LogP contribution in [0.5, 0.6) is 0 Å². The van der Waals surface area contributed by atoms with Gasteiger partial charge in [-0.25, -0.2) is 15.0 Å². The van der Waals surface area contributed by atoms with Crippen LogP contribution < -0.4 is 5.56 Å². The standard InChI is InChI=1S/C14H16N4O5/c1-6(22-8(3)19)12(23-9(4)20)10-5-15-13-11(18-10)14(21)17-7(2)16-13/h5-6,12H,1-4H3,(H,15,16,17,21).